The van der Waals surface area contributed by atoms with Crippen LogP contribution in [0.2, 0.25) is 0 Å². The number of rotatable bonds is 5. The molecule has 3 heteroatoms. The summed E-state index contributed by atoms with van der Waals surface area (Å²) in [5.41, 5.74) is 12.4. The molecule has 3 nitrogen and oxygen atoms in total. The lowest BCUT2D eigenvalue weighted by molar-refractivity contribution is 0.400. The van der Waals surface area contributed by atoms with Gasteiger partial charge in [0.2, 0.25) is 0 Å². The zero-order valence-corrected chi connectivity index (χ0v) is 28.3. The molecule has 246 valence electrons. The van der Waals surface area contributed by atoms with E-state index in [0.29, 0.717) is 0 Å². The minimum absolute atomic E-state index is 0.704. The molecular formula is C49H33NO2. The molecule has 0 saturated carbocycles. The van der Waals surface area contributed by atoms with Crippen LogP contribution in [0, 0.1) is 0 Å². The summed E-state index contributed by atoms with van der Waals surface area (Å²) in [6, 6.07) is 68.2. The first-order valence-electron chi connectivity index (χ1n) is 17.7. The SMILES string of the molecule is c1ccc(Nc2cc(-c3ccc4c(c3)C3(c5ccccc5Oc5ccccc53)c3cccc(-c5ccccc5)c3O4)ccc2-c2ccccc2)cc1. The van der Waals surface area contributed by atoms with Gasteiger partial charge in [-0.1, -0.05) is 152 Å². The van der Waals surface area contributed by atoms with Gasteiger partial charge >= 0.3 is 0 Å². The Morgan fingerprint density at radius 1 is 0.346 bits per heavy atom. The largest absolute Gasteiger partial charge is 0.457 e. The Hall–Kier alpha value is -6.84. The van der Waals surface area contributed by atoms with Crippen molar-refractivity contribution in [3.63, 3.8) is 0 Å². The molecule has 0 amide bonds. The summed E-state index contributed by atoms with van der Waals surface area (Å²) in [5, 5.41) is 3.72. The summed E-state index contributed by atoms with van der Waals surface area (Å²) in [5.74, 6) is 3.38. The molecule has 52 heavy (non-hydrogen) atoms. The number of hydrogen-bond donors (Lipinski definition) is 1. The highest BCUT2D eigenvalue weighted by Gasteiger charge is 2.51. The van der Waals surface area contributed by atoms with Gasteiger partial charge in [0, 0.05) is 44.8 Å². The van der Waals surface area contributed by atoms with E-state index in [2.05, 4.69) is 181 Å². The molecule has 0 saturated heterocycles. The van der Waals surface area contributed by atoms with E-state index in [1.54, 1.807) is 0 Å². The Morgan fingerprint density at radius 3 is 1.58 bits per heavy atom. The molecular weight excluding hydrogens is 635 g/mol. The zero-order chi connectivity index (χ0) is 34.5. The third-order valence-electron chi connectivity index (χ3n) is 10.4. The molecule has 0 fully saturated rings. The summed E-state index contributed by atoms with van der Waals surface area (Å²) in [7, 11) is 0. The number of para-hydroxylation sites is 4. The maximum atomic E-state index is 7.04. The number of ether oxygens (including phenoxy) is 2. The lowest BCUT2D eigenvalue weighted by Gasteiger charge is -2.45. The molecule has 0 aliphatic carbocycles. The van der Waals surface area contributed by atoms with Crippen LogP contribution in [-0.2, 0) is 5.41 Å². The van der Waals surface area contributed by atoms with Crippen LogP contribution in [0.3, 0.4) is 0 Å². The average Bonchev–Trinajstić information content (AvgIpc) is 3.21. The van der Waals surface area contributed by atoms with Gasteiger partial charge in [-0.25, -0.2) is 0 Å². The highest BCUT2D eigenvalue weighted by molar-refractivity contribution is 5.87. The van der Waals surface area contributed by atoms with Crippen molar-refractivity contribution in [3.8, 4) is 56.4 Å². The minimum atomic E-state index is -0.704. The molecule has 10 rings (SSSR count). The summed E-state index contributed by atoms with van der Waals surface area (Å²) in [6.07, 6.45) is 0. The van der Waals surface area contributed by atoms with Gasteiger partial charge in [0.25, 0.3) is 0 Å². The number of benzene rings is 8. The smallest absolute Gasteiger partial charge is 0.140 e. The van der Waals surface area contributed by atoms with Crippen molar-refractivity contribution in [2.45, 2.75) is 5.41 Å². The molecule has 0 atom stereocenters. The van der Waals surface area contributed by atoms with Gasteiger partial charge in [0.1, 0.15) is 23.0 Å². The molecule has 2 aliphatic rings. The van der Waals surface area contributed by atoms with E-state index in [9.17, 15) is 0 Å². The van der Waals surface area contributed by atoms with Gasteiger partial charge in [0.05, 0.1) is 5.41 Å². The Bertz CT molecular complexity index is 2550. The molecule has 8 aromatic rings. The van der Waals surface area contributed by atoms with Gasteiger partial charge in [0.15, 0.2) is 0 Å². The highest BCUT2D eigenvalue weighted by atomic mass is 16.5. The van der Waals surface area contributed by atoms with E-state index in [0.717, 1.165) is 90.0 Å². The third-order valence-corrected chi connectivity index (χ3v) is 10.4. The predicted molar refractivity (Wildman–Crippen MR) is 211 cm³/mol. The van der Waals surface area contributed by atoms with Gasteiger partial charge < -0.3 is 14.8 Å². The number of anilines is 2. The normalized spacial score (nSPS) is 13.1. The minimum Gasteiger partial charge on any atom is -0.457 e. The molecule has 0 bridgehead atoms. The first-order chi connectivity index (χ1) is 25.8. The van der Waals surface area contributed by atoms with Gasteiger partial charge in [-0.15, -0.1) is 0 Å². The van der Waals surface area contributed by atoms with Crippen molar-refractivity contribution in [2.75, 3.05) is 5.32 Å². The summed E-state index contributed by atoms with van der Waals surface area (Å²) in [4.78, 5) is 0. The second-order valence-corrected chi connectivity index (χ2v) is 13.3. The number of fused-ring (bicyclic) bond motifs is 8. The Kier molecular flexibility index (Phi) is 7.04. The lowest BCUT2D eigenvalue weighted by atomic mass is 9.61. The molecule has 8 aromatic carbocycles. The fourth-order valence-electron chi connectivity index (χ4n) is 8.08. The fourth-order valence-corrected chi connectivity index (χ4v) is 8.08. The van der Waals surface area contributed by atoms with Crippen LogP contribution in [0.1, 0.15) is 22.3 Å². The molecule has 0 aromatic heterocycles. The molecule has 2 aliphatic heterocycles. The van der Waals surface area contributed by atoms with E-state index in [1.165, 1.54) is 0 Å². The predicted octanol–water partition coefficient (Wildman–Crippen LogP) is 13.0. The van der Waals surface area contributed by atoms with Crippen LogP contribution in [0.5, 0.6) is 23.0 Å². The standard InChI is InChI=1S/C49H33NO2/c1-4-15-33(16-5-1)38-29-27-36(32-44(38)50-37-19-8-3-9-20-37)35-28-30-47-43(31-35)49(40-22-10-12-25-45(40)51-46-26-13-11-23-41(46)49)42-24-14-21-39(48(42)52-47)34-17-6-2-7-18-34/h1-32,50H. The maximum absolute atomic E-state index is 7.04. The van der Waals surface area contributed by atoms with Gasteiger partial charge in [-0.05, 0) is 64.7 Å². The lowest BCUT2D eigenvalue weighted by Crippen LogP contribution is -2.37. The average molecular weight is 668 g/mol. The Morgan fingerprint density at radius 2 is 0.885 bits per heavy atom. The molecule has 1 N–H and O–H groups in total. The van der Waals surface area contributed by atoms with E-state index in [1.807, 2.05) is 18.2 Å². The summed E-state index contributed by atoms with van der Waals surface area (Å²) < 4.78 is 13.7. The first-order valence-corrected chi connectivity index (χ1v) is 17.7. The van der Waals surface area contributed by atoms with E-state index in [4.69, 9.17) is 9.47 Å². The highest BCUT2D eigenvalue weighted by Crippen LogP contribution is 2.63. The summed E-state index contributed by atoms with van der Waals surface area (Å²) >= 11 is 0. The topological polar surface area (TPSA) is 30.5 Å². The monoisotopic (exact) mass is 667 g/mol. The van der Waals surface area contributed by atoms with Crippen molar-refractivity contribution in [1.29, 1.82) is 0 Å². The quantitative estimate of drug-likeness (QED) is 0.198. The molecule has 0 unspecified atom stereocenters. The second-order valence-electron chi connectivity index (χ2n) is 13.3. The van der Waals surface area contributed by atoms with Crippen molar-refractivity contribution in [1.82, 2.24) is 0 Å². The third kappa shape index (κ3) is 4.74. The second kappa shape index (κ2) is 12.2. The Labute approximate surface area is 303 Å². The van der Waals surface area contributed by atoms with Crippen LogP contribution in [0.15, 0.2) is 194 Å². The maximum Gasteiger partial charge on any atom is 0.140 e. The van der Waals surface area contributed by atoms with Crippen LogP contribution < -0.4 is 14.8 Å². The van der Waals surface area contributed by atoms with Gasteiger partial charge in [-0.3, -0.25) is 0 Å². The van der Waals surface area contributed by atoms with E-state index < -0.39 is 5.41 Å². The number of nitrogens with one attached hydrogen (secondary N) is 1. The number of hydrogen-bond acceptors (Lipinski definition) is 3. The van der Waals surface area contributed by atoms with Crippen molar-refractivity contribution in [2.24, 2.45) is 0 Å². The van der Waals surface area contributed by atoms with E-state index >= 15 is 0 Å². The van der Waals surface area contributed by atoms with Gasteiger partial charge in [-0.2, -0.15) is 0 Å². The molecule has 2 heterocycles. The van der Waals surface area contributed by atoms with Crippen molar-refractivity contribution >= 4 is 11.4 Å². The first kappa shape index (κ1) is 30.0. The van der Waals surface area contributed by atoms with Crippen LogP contribution in [0.25, 0.3) is 33.4 Å². The van der Waals surface area contributed by atoms with E-state index in [-0.39, 0.29) is 0 Å². The molecule has 1 spiro atoms. The molecule has 0 radical (unpaired) electrons. The van der Waals surface area contributed by atoms with Crippen LogP contribution >= 0.6 is 0 Å². The fraction of sp³-hybridized carbons (Fsp3) is 0.0204. The van der Waals surface area contributed by atoms with Crippen LogP contribution in [0.4, 0.5) is 11.4 Å². The summed E-state index contributed by atoms with van der Waals surface area (Å²) in [6.45, 7) is 0. The van der Waals surface area contributed by atoms with Crippen LogP contribution in [-0.4, -0.2) is 0 Å². The van der Waals surface area contributed by atoms with Crippen molar-refractivity contribution < 1.29 is 9.47 Å². The Balaban J connectivity index is 1.22. The zero-order valence-electron chi connectivity index (χ0n) is 28.3. The van der Waals surface area contributed by atoms with Crippen molar-refractivity contribution in [3.05, 3.63) is 216 Å².